The number of hydrogen-bond acceptors (Lipinski definition) is 3. The zero-order valence-corrected chi connectivity index (χ0v) is 13.8. The third kappa shape index (κ3) is 1.92. The molecule has 4 rings (SSSR count). The summed E-state index contributed by atoms with van der Waals surface area (Å²) in [6, 6.07) is -0.567. The van der Waals surface area contributed by atoms with Crippen molar-refractivity contribution in [2.45, 2.75) is 57.8 Å². The Morgan fingerprint density at radius 2 is 2.00 bits per heavy atom. The summed E-state index contributed by atoms with van der Waals surface area (Å²) >= 11 is 0. The quantitative estimate of drug-likeness (QED) is 0.601. The van der Waals surface area contributed by atoms with E-state index in [1.165, 1.54) is 5.57 Å². The molecule has 0 aliphatic heterocycles. The SMILES string of the molecule is C[C@]12CCC3=C([C@@H](O)CC4C[C@@H](O)C=C[C@]34C)[C@@H]1C=C(F)[C@@H]2N. The maximum atomic E-state index is 14.2. The predicted octanol–water partition coefficient (Wildman–Crippen LogP) is 2.60. The third-order valence-electron chi connectivity index (χ3n) is 7.20. The van der Waals surface area contributed by atoms with Crippen molar-refractivity contribution in [1.82, 2.24) is 0 Å². The zero-order chi connectivity index (χ0) is 16.6. The van der Waals surface area contributed by atoms with Gasteiger partial charge in [-0.25, -0.2) is 4.39 Å². The average molecular weight is 319 g/mol. The lowest BCUT2D eigenvalue weighted by Gasteiger charge is -2.53. The first-order valence-electron chi connectivity index (χ1n) is 8.69. The summed E-state index contributed by atoms with van der Waals surface area (Å²) in [5.41, 5.74) is 7.92. The van der Waals surface area contributed by atoms with E-state index >= 15 is 0 Å². The van der Waals surface area contributed by atoms with E-state index in [1.807, 2.05) is 6.08 Å². The number of nitrogens with two attached hydrogens (primary N) is 1. The maximum absolute atomic E-state index is 14.2. The molecule has 0 heterocycles. The molecule has 0 fully saturated rings. The first-order valence-corrected chi connectivity index (χ1v) is 8.69. The Morgan fingerprint density at radius 1 is 1.26 bits per heavy atom. The average Bonchev–Trinajstić information content (AvgIpc) is 2.73. The molecule has 4 heteroatoms. The smallest absolute Gasteiger partial charge is 0.114 e. The fourth-order valence-corrected chi connectivity index (χ4v) is 5.58. The van der Waals surface area contributed by atoms with Crippen molar-refractivity contribution >= 4 is 0 Å². The number of halogens is 1. The molecule has 4 aliphatic carbocycles. The lowest BCUT2D eigenvalue weighted by atomic mass is 9.52. The zero-order valence-electron chi connectivity index (χ0n) is 13.8. The fraction of sp³-hybridized carbons (Fsp3) is 0.684. The van der Waals surface area contributed by atoms with Crippen LogP contribution in [-0.4, -0.2) is 28.5 Å². The second-order valence-electron chi connectivity index (χ2n) is 8.34. The normalized spacial score (nSPS) is 51.9. The minimum Gasteiger partial charge on any atom is -0.389 e. The highest BCUT2D eigenvalue weighted by molar-refractivity contribution is 5.44. The van der Waals surface area contributed by atoms with E-state index in [0.29, 0.717) is 12.8 Å². The first-order chi connectivity index (χ1) is 10.8. The van der Waals surface area contributed by atoms with Crippen LogP contribution in [0.1, 0.15) is 39.5 Å². The molecule has 23 heavy (non-hydrogen) atoms. The molecule has 3 nitrogen and oxygen atoms in total. The molecule has 0 saturated carbocycles. The van der Waals surface area contributed by atoms with Crippen LogP contribution in [0.15, 0.2) is 35.2 Å². The van der Waals surface area contributed by atoms with E-state index in [4.69, 9.17) is 5.73 Å². The Labute approximate surface area is 136 Å². The largest absolute Gasteiger partial charge is 0.389 e. The maximum Gasteiger partial charge on any atom is 0.114 e. The Hall–Kier alpha value is -0.970. The van der Waals surface area contributed by atoms with Gasteiger partial charge in [0, 0.05) is 11.3 Å². The minimum absolute atomic E-state index is 0.103. The minimum atomic E-state index is -0.567. The van der Waals surface area contributed by atoms with Crippen LogP contribution in [0.2, 0.25) is 0 Å². The fourth-order valence-electron chi connectivity index (χ4n) is 5.58. The Morgan fingerprint density at radius 3 is 2.74 bits per heavy atom. The number of aliphatic hydroxyl groups excluding tert-OH is 2. The summed E-state index contributed by atoms with van der Waals surface area (Å²) in [5.74, 6) is -0.0980. The van der Waals surface area contributed by atoms with Crippen LogP contribution in [0, 0.1) is 22.7 Å². The number of hydrogen-bond donors (Lipinski definition) is 3. The molecule has 0 spiro atoms. The monoisotopic (exact) mass is 319 g/mol. The van der Waals surface area contributed by atoms with Crippen LogP contribution in [0.3, 0.4) is 0 Å². The number of fused-ring (bicyclic) bond motifs is 4. The molecular weight excluding hydrogens is 293 g/mol. The van der Waals surface area contributed by atoms with Crippen molar-refractivity contribution in [1.29, 1.82) is 0 Å². The van der Waals surface area contributed by atoms with Crippen molar-refractivity contribution < 1.29 is 14.6 Å². The molecule has 4 N–H and O–H groups in total. The van der Waals surface area contributed by atoms with Crippen molar-refractivity contribution in [3.05, 3.63) is 35.2 Å². The summed E-state index contributed by atoms with van der Waals surface area (Å²) in [5, 5.41) is 20.8. The molecule has 0 amide bonds. The first kappa shape index (κ1) is 15.6. The summed E-state index contributed by atoms with van der Waals surface area (Å²) in [4.78, 5) is 0. The molecule has 0 aromatic heterocycles. The molecule has 7 atom stereocenters. The number of rotatable bonds is 0. The number of allylic oxidation sites excluding steroid dienone is 3. The van der Waals surface area contributed by atoms with Gasteiger partial charge in [-0.15, -0.1) is 0 Å². The van der Waals surface area contributed by atoms with Crippen LogP contribution >= 0.6 is 0 Å². The highest BCUT2D eigenvalue weighted by Crippen LogP contribution is 2.61. The van der Waals surface area contributed by atoms with Gasteiger partial charge in [-0.1, -0.05) is 31.6 Å². The van der Waals surface area contributed by atoms with E-state index in [-0.39, 0.29) is 28.5 Å². The van der Waals surface area contributed by atoms with Gasteiger partial charge in [-0.05, 0) is 48.7 Å². The van der Waals surface area contributed by atoms with Gasteiger partial charge >= 0.3 is 0 Å². The summed E-state index contributed by atoms with van der Waals surface area (Å²) in [7, 11) is 0. The van der Waals surface area contributed by atoms with Gasteiger partial charge in [0.05, 0.1) is 18.2 Å². The van der Waals surface area contributed by atoms with E-state index in [2.05, 4.69) is 19.9 Å². The van der Waals surface area contributed by atoms with Crippen molar-refractivity contribution in [3.8, 4) is 0 Å². The molecule has 0 saturated heterocycles. The van der Waals surface area contributed by atoms with Crippen LogP contribution in [-0.2, 0) is 0 Å². The van der Waals surface area contributed by atoms with Gasteiger partial charge in [0.25, 0.3) is 0 Å². The Kier molecular flexibility index (Phi) is 3.23. The van der Waals surface area contributed by atoms with Gasteiger partial charge in [-0.2, -0.15) is 0 Å². The van der Waals surface area contributed by atoms with Gasteiger partial charge in [0.15, 0.2) is 0 Å². The molecule has 126 valence electrons. The highest BCUT2D eigenvalue weighted by atomic mass is 19.1. The van der Waals surface area contributed by atoms with Gasteiger partial charge in [-0.3, -0.25) is 0 Å². The van der Waals surface area contributed by atoms with E-state index in [0.717, 1.165) is 18.4 Å². The second kappa shape index (κ2) is 4.78. The Bertz CT molecular complexity index is 639. The summed E-state index contributed by atoms with van der Waals surface area (Å²) in [6.07, 6.45) is 7.67. The summed E-state index contributed by atoms with van der Waals surface area (Å²) in [6.45, 7) is 4.26. The molecular formula is C19H26FNO2. The van der Waals surface area contributed by atoms with E-state index < -0.39 is 18.2 Å². The predicted molar refractivity (Wildman–Crippen MR) is 87.0 cm³/mol. The van der Waals surface area contributed by atoms with Crippen LogP contribution in [0.25, 0.3) is 0 Å². The number of aliphatic hydroxyl groups is 2. The lowest BCUT2D eigenvalue weighted by molar-refractivity contribution is 0.0488. The van der Waals surface area contributed by atoms with Crippen LogP contribution in [0.5, 0.6) is 0 Å². The van der Waals surface area contributed by atoms with Gasteiger partial charge < -0.3 is 15.9 Å². The van der Waals surface area contributed by atoms with E-state index in [9.17, 15) is 14.6 Å². The lowest BCUT2D eigenvalue weighted by Crippen LogP contribution is -2.50. The second-order valence-corrected chi connectivity index (χ2v) is 8.34. The molecule has 0 bridgehead atoms. The molecule has 4 aliphatic rings. The van der Waals surface area contributed by atoms with Crippen molar-refractivity contribution in [2.24, 2.45) is 28.4 Å². The van der Waals surface area contributed by atoms with E-state index in [1.54, 1.807) is 6.08 Å². The molecule has 0 aromatic carbocycles. The molecule has 0 radical (unpaired) electrons. The molecule has 0 aromatic rings. The molecule has 1 unspecified atom stereocenters. The summed E-state index contributed by atoms with van der Waals surface area (Å²) < 4.78 is 14.2. The highest BCUT2D eigenvalue weighted by Gasteiger charge is 2.56. The standard InChI is InChI=1S/C19H26FNO2/c1-18-5-3-11(22)7-10(18)8-15(23)16-12(18)4-6-19(2)13(16)9-14(20)17(19)21/h3,5,9-11,13,15,17,22-23H,4,6-8,21H2,1-2H3/t10?,11-,13-,15-,17-,18-,19-/m0/s1. The van der Waals surface area contributed by atoms with Crippen LogP contribution < -0.4 is 5.73 Å². The third-order valence-corrected chi connectivity index (χ3v) is 7.20. The Balaban J connectivity index is 1.86. The van der Waals surface area contributed by atoms with Crippen molar-refractivity contribution in [3.63, 3.8) is 0 Å². The topological polar surface area (TPSA) is 66.5 Å². The van der Waals surface area contributed by atoms with Crippen LogP contribution in [0.4, 0.5) is 4.39 Å². The van der Waals surface area contributed by atoms with Crippen molar-refractivity contribution in [2.75, 3.05) is 0 Å². The van der Waals surface area contributed by atoms with Gasteiger partial charge in [0.1, 0.15) is 5.83 Å². The van der Waals surface area contributed by atoms with Gasteiger partial charge in [0.2, 0.25) is 0 Å².